The quantitative estimate of drug-likeness (QED) is 0.867. The van der Waals surface area contributed by atoms with Crippen molar-refractivity contribution in [2.24, 2.45) is 5.92 Å². The van der Waals surface area contributed by atoms with Gasteiger partial charge in [-0.1, -0.05) is 13.8 Å². The number of nitrogens with one attached hydrogen (secondary N) is 1. The third kappa shape index (κ3) is 2.16. The zero-order valence-electron chi connectivity index (χ0n) is 8.48. The van der Waals surface area contributed by atoms with Gasteiger partial charge in [0.1, 0.15) is 3.70 Å². The van der Waals surface area contributed by atoms with Gasteiger partial charge in [-0.3, -0.25) is 4.68 Å². The predicted octanol–water partition coefficient (Wildman–Crippen LogP) is 1.32. The van der Waals surface area contributed by atoms with Gasteiger partial charge in [-0.15, -0.1) is 10.2 Å². The SMILES string of the molecule is CC(C)Cn1ncc(-c2nn[nH]n2)c1I. The molecule has 0 aromatic carbocycles. The Bertz CT molecular complexity index is 432. The van der Waals surface area contributed by atoms with Crippen molar-refractivity contribution in [2.75, 3.05) is 0 Å². The van der Waals surface area contributed by atoms with Crippen molar-refractivity contribution in [3.05, 3.63) is 9.90 Å². The first-order valence-corrected chi connectivity index (χ1v) is 5.71. The lowest BCUT2D eigenvalue weighted by Gasteiger charge is -2.05. The van der Waals surface area contributed by atoms with Gasteiger partial charge in [0.2, 0.25) is 5.82 Å². The van der Waals surface area contributed by atoms with Crippen LogP contribution in [0.1, 0.15) is 13.8 Å². The maximum Gasteiger partial charge on any atom is 0.208 e. The molecule has 6 nitrogen and oxygen atoms in total. The number of aromatic amines is 1. The standard InChI is InChI=1S/C8H11IN6/c1-5(2)4-15-7(9)6(3-10-15)8-11-13-14-12-8/h3,5H,4H2,1-2H3,(H,11,12,13,14). The third-order valence-electron chi connectivity index (χ3n) is 1.90. The summed E-state index contributed by atoms with van der Waals surface area (Å²) in [5, 5.41) is 18.1. The fourth-order valence-electron chi connectivity index (χ4n) is 1.27. The highest BCUT2D eigenvalue weighted by Crippen LogP contribution is 2.21. The van der Waals surface area contributed by atoms with Crippen LogP contribution in [0.3, 0.4) is 0 Å². The van der Waals surface area contributed by atoms with Crippen molar-refractivity contribution in [3.8, 4) is 11.4 Å². The van der Waals surface area contributed by atoms with Crippen LogP contribution < -0.4 is 0 Å². The molecule has 0 unspecified atom stereocenters. The lowest BCUT2D eigenvalue weighted by molar-refractivity contribution is 0.475. The van der Waals surface area contributed by atoms with E-state index in [1.807, 2.05) is 4.68 Å². The molecule has 0 fully saturated rings. The largest absolute Gasteiger partial charge is 0.258 e. The molecule has 2 heterocycles. The Balaban J connectivity index is 2.32. The van der Waals surface area contributed by atoms with Gasteiger partial charge in [0, 0.05) is 6.54 Å². The second kappa shape index (κ2) is 4.25. The Morgan fingerprint density at radius 1 is 1.53 bits per heavy atom. The van der Waals surface area contributed by atoms with E-state index in [1.54, 1.807) is 6.20 Å². The van der Waals surface area contributed by atoms with Crippen molar-refractivity contribution in [1.29, 1.82) is 0 Å². The van der Waals surface area contributed by atoms with E-state index in [9.17, 15) is 0 Å². The summed E-state index contributed by atoms with van der Waals surface area (Å²) in [4.78, 5) is 0. The molecule has 0 bridgehead atoms. The van der Waals surface area contributed by atoms with E-state index in [1.165, 1.54) is 0 Å². The second-order valence-corrected chi connectivity index (χ2v) is 4.68. The Morgan fingerprint density at radius 2 is 2.33 bits per heavy atom. The van der Waals surface area contributed by atoms with Gasteiger partial charge in [-0.2, -0.15) is 10.3 Å². The van der Waals surface area contributed by atoms with Crippen molar-refractivity contribution < 1.29 is 0 Å². The van der Waals surface area contributed by atoms with E-state index in [2.05, 4.69) is 62.2 Å². The van der Waals surface area contributed by atoms with Crippen LogP contribution in [-0.4, -0.2) is 30.4 Å². The van der Waals surface area contributed by atoms with Gasteiger partial charge >= 0.3 is 0 Å². The zero-order valence-corrected chi connectivity index (χ0v) is 10.6. The maximum atomic E-state index is 4.30. The van der Waals surface area contributed by atoms with E-state index in [0.717, 1.165) is 15.8 Å². The van der Waals surface area contributed by atoms with Crippen LogP contribution in [0.15, 0.2) is 6.20 Å². The molecule has 80 valence electrons. The number of H-pyrrole nitrogens is 1. The number of hydrogen-bond donors (Lipinski definition) is 1. The van der Waals surface area contributed by atoms with Crippen molar-refractivity contribution >= 4 is 22.6 Å². The molecule has 2 rings (SSSR count). The molecule has 2 aromatic rings. The lowest BCUT2D eigenvalue weighted by atomic mass is 10.2. The number of halogens is 1. The van der Waals surface area contributed by atoms with Crippen molar-refractivity contribution in [3.63, 3.8) is 0 Å². The highest BCUT2D eigenvalue weighted by molar-refractivity contribution is 14.1. The van der Waals surface area contributed by atoms with Gasteiger partial charge < -0.3 is 0 Å². The summed E-state index contributed by atoms with van der Waals surface area (Å²) in [6.07, 6.45) is 1.77. The zero-order chi connectivity index (χ0) is 10.8. The molecule has 0 saturated heterocycles. The molecular formula is C8H11IN6. The molecule has 0 saturated carbocycles. The number of nitrogens with zero attached hydrogens (tertiary/aromatic N) is 5. The molecule has 0 aliphatic rings. The smallest absolute Gasteiger partial charge is 0.208 e. The highest BCUT2D eigenvalue weighted by Gasteiger charge is 2.13. The summed E-state index contributed by atoms with van der Waals surface area (Å²) in [6, 6.07) is 0. The average Bonchev–Trinajstić information content (AvgIpc) is 2.76. The van der Waals surface area contributed by atoms with E-state index in [-0.39, 0.29) is 0 Å². The summed E-state index contributed by atoms with van der Waals surface area (Å²) in [5.41, 5.74) is 0.921. The minimum Gasteiger partial charge on any atom is -0.258 e. The fourth-order valence-corrected chi connectivity index (χ4v) is 1.97. The van der Waals surface area contributed by atoms with Crippen LogP contribution in [0.4, 0.5) is 0 Å². The third-order valence-corrected chi connectivity index (χ3v) is 3.04. The molecule has 7 heteroatoms. The van der Waals surface area contributed by atoms with E-state index >= 15 is 0 Å². The molecule has 0 amide bonds. The number of rotatable bonds is 3. The molecular weight excluding hydrogens is 307 g/mol. The van der Waals surface area contributed by atoms with Gasteiger partial charge in [-0.05, 0) is 33.7 Å². The maximum absolute atomic E-state index is 4.30. The molecule has 0 spiro atoms. The van der Waals surface area contributed by atoms with Crippen LogP contribution in [0.25, 0.3) is 11.4 Å². The van der Waals surface area contributed by atoms with E-state index < -0.39 is 0 Å². The Kier molecular flexibility index (Phi) is 2.98. The molecule has 1 N–H and O–H groups in total. The van der Waals surface area contributed by atoms with Crippen molar-refractivity contribution in [2.45, 2.75) is 20.4 Å². The first-order chi connectivity index (χ1) is 7.18. The Hall–Kier alpha value is -0.990. The number of aromatic nitrogens is 6. The molecule has 0 aliphatic carbocycles. The van der Waals surface area contributed by atoms with Gasteiger partial charge in [0.25, 0.3) is 0 Å². The van der Waals surface area contributed by atoms with Crippen LogP contribution in [0, 0.1) is 9.62 Å². The average molecular weight is 318 g/mol. The normalized spacial score (nSPS) is 11.2. The van der Waals surface area contributed by atoms with Crippen LogP contribution in [-0.2, 0) is 6.54 Å². The van der Waals surface area contributed by atoms with E-state index in [4.69, 9.17) is 0 Å². The second-order valence-electron chi connectivity index (χ2n) is 3.66. The lowest BCUT2D eigenvalue weighted by Crippen LogP contribution is -2.07. The molecule has 2 aromatic heterocycles. The first kappa shape index (κ1) is 10.5. The minimum absolute atomic E-state index is 0.566. The summed E-state index contributed by atoms with van der Waals surface area (Å²) in [5.74, 6) is 1.16. The summed E-state index contributed by atoms with van der Waals surface area (Å²) in [6.45, 7) is 5.22. The molecule has 0 atom stereocenters. The van der Waals surface area contributed by atoms with Crippen molar-refractivity contribution in [1.82, 2.24) is 30.4 Å². The molecule has 0 radical (unpaired) electrons. The van der Waals surface area contributed by atoms with Gasteiger partial charge in [-0.25, -0.2) is 0 Å². The predicted molar refractivity (Wildman–Crippen MR) is 63.0 cm³/mol. The van der Waals surface area contributed by atoms with Crippen LogP contribution in [0.2, 0.25) is 0 Å². The highest BCUT2D eigenvalue weighted by atomic mass is 127. The monoisotopic (exact) mass is 318 g/mol. The first-order valence-electron chi connectivity index (χ1n) is 4.63. The topological polar surface area (TPSA) is 72.3 Å². The van der Waals surface area contributed by atoms with E-state index in [0.29, 0.717) is 11.7 Å². The number of tetrazole rings is 1. The van der Waals surface area contributed by atoms with Gasteiger partial charge in [0.05, 0.1) is 11.8 Å². The summed E-state index contributed by atoms with van der Waals surface area (Å²) >= 11 is 2.25. The Morgan fingerprint density at radius 3 is 2.93 bits per heavy atom. The van der Waals surface area contributed by atoms with Crippen LogP contribution >= 0.6 is 22.6 Å². The fraction of sp³-hybridized carbons (Fsp3) is 0.500. The number of hydrogen-bond acceptors (Lipinski definition) is 4. The van der Waals surface area contributed by atoms with Gasteiger partial charge in [0.15, 0.2) is 0 Å². The summed E-state index contributed by atoms with van der Waals surface area (Å²) < 4.78 is 3.00. The van der Waals surface area contributed by atoms with Crippen LogP contribution in [0.5, 0.6) is 0 Å². The molecule has 0 aliphatic heterocycles. The molecule has 15 heavy (non-hydrogen) atoms. The summed E-state index contributed by atoms with van der Waals surface area (Å²) in [7, 11) is 0. The minimum atomic E-state index is 0.566. The Labute approximate surface area is 101 Å².